The number of para-hydroxylation sites is 2. The zero-order valence-electron chi connectivity index (χ0n) is 12.1. The first kappa shape index (κ1) is 16.2. The minimum absolute atomic E-state index is 0.0599. The molecule has 0 N–H and O–H groups in total. The summed E-state index contributed by atoms with van der Waals surface area (Å²) in [5.41, 5.74) is 0. The van der Waals surface area contributed by atoms with E-state index in [9.17, 15) is 13.2 Å². The fourth-order valence-corrected chi connectivity index (χ4v) is 1.86. The van der Waals surface area contributed by atoms with Crippen LogP contribution in [-0.4, -0.2) is 22.3 Å². The third-order valence-corrected chi connectivity index (χ3v) is 2.82. The lowest BCUT2D eigenvalue weighted by Gasteiger charge is -2.13. The van der Waals surface area contributed by atoms with Gasteiger partial charge in [-0.05, 0) is 18.6 Å². The van der Waals surface area contributed by atoms with Crippen LogP contribution in [0.3, 0.4) is 0 Å². The maximum Gasteiger partial charge on any atom is 0.406 e. The summed E-state index contributed by atoms with van der Waals surface area (Å²) >= 11 is 0. The van der Waals surface area contributed by atoms with E-state index in [1.807, 2.05) is 13.0 Å². The number of imidazole rings is 1. The van der Waals surface area contributed by atoms with Crippen LogP contribution in [0.15, 0.2) is 36.7 Å². The summed E-state index contributed by atoms with van der Waals surface area (Å²) < 4.78 is 49.5. The highest BCUT2D eigenvalue weighted by atomic mass is 19.4. The van der Waals surface area contributed by atoms with Crippen molar-refractivity contribution in [2.45, 2.75) is 32.7 Å². The highest BCUT2D eigenvalue weighted by Gasteiger charge is 2.28. The van der Waals surface area contributed by atoms with Gasteiger partial charge in [0, 0.05) is 12.4 Å². The first-order chi connectivity index (χ1) is 10.5. The largest absolute Gasteiger partial charge is 0.490 e. The number of alkyl halides is 3. The lowest BCUT2D eigenvalue weighted by atomic mass is 10.3. The molecule has 7 heteroatoms. The van der Waals surface area contributed by atoms with Crippen molar-refractivity contribution in [3.8, 4) is 11.5 Å². The normalized spacial score (nSPS) is 11.5. The van der Waals surface area contributed by atoms with Crippen LogP contribution in [0.5, 0.6) is 11.5 Å². The van der Waals surface area contributed by atoms with Gasteiger partial charge in [0.25, 0.3) is 0 Å². The Hall–Kier alpha value is -2.18. The molecule has 1 heterocycles. The minimum atomic E-state index is -4.29. The van der Waals surface area contributed by atoms with Gasteiger partial charge in [-0.15, -0.1) is 0 Å². The smallest absolute Gasteiger partial charge is 0.406 e. The Balaban J connectivity index is 2.03. The molecule has 1 aromatic heterocycles. The molecule has 0 atom stereocenters. The Morgan fingerprint density at radius 2 is 1.82 bits per heavy atom. The van der Waals surface area contributed by atoms with Gasteiger partial charge < -0.3 is 14.0 Å². The van der Waals surface area contributed by atoms with Crippen LogP contribution in [0.2, 0.25) is 0 Å². The summed E-state index contributed by atoms with van der Waals surface area (Å²) in [4.78, 5) is 3.90. The fraction of sp³-hybridized carbons (Fsp3) is 0.400. The summed E-state index contributed by atoms with van der Waals surface area (Å²) in [6.07, 6.45) is -0.836. The van der Waals surface area contributed by atoms with Crippen molar-refractivity contribution in [1.29, 1.82) is 0 Å². The Morgan fingerprint density at radius 3 is 2.45 bits per heavy atom. The van der Waals surface area contributed by atoms with Crippen molar-refractivity contribution in [2.24, 2.45) is 0 Å². The zero-order valence-corrected chi connectivity index (χ0v) is 12.1. The Morgan fingerprint density at radius 1 is 1.14 bits per heavy atom. The summed E-state index contributed by atoms with van der Waals surface area (Å²) in [6.45, 7) is 1.38. The van der Waals surface area contributed by atoms with Crippen molar-refractivity contribution < 1.29 is 22.6 Å². The SMILES string of the molecule is CCCOc1ccccc1OCc1nccn1CC(F)(F)F. The Bertz CT molecular complexity index is 596. The first-order valence-electron chi connectivity index (χ1n) is 6.91. The molecule has 1 aromatic carbocycles. The van der Waals surface area contributed by atoms with E-state index < -0.39 is 12.7 Å². The second-order valence-electron chi connectivity index (χ2n) is 4.67. The van der Waals surface area contributed by atoms with Gasteiger partial charge in [-0.3, -0.25) is 0 Å². The van der Waals surface area contributed by atoms with Crippen LogP contribution in [0.25, 0.3) is 0 Å². The van der Waals surface area contributed by atoms with E-state index >= 15 is 0 Å². The molecule has 0 bridgehead atoms. The van der Waals surface area contributed by atoms with Gasteiger partial charge in [-0.2, -0.15) is 13.2 Å². The van der Waals surface area contributed by atoms with E-state index in [-0.39, 0.29) is 12.4 Å². The lowest BCUT2D eigenvalue weighted by molar-refractivity contribution is -0.141. The zero-order chi connectivity index (χ0) is 16.0. The average molecular weight is 314 g/mol. The Kier molecular flexibility index (Phi) is 5.30. The van der Waals surface area contributed by atoms with Crippen LogP contribution >= 0.6 is 0 Å². The standard InChI is InChI=1S/C15H17F3N2O2/c1-2-9-21-12-5-3-4-6-13(12)22-10-14-19-7-8-20(14)11-15(16,17)18/h3-8H,2,9-11H2,1H3. The van der Waals surface area contributed by atoms with Gasteiger partial charge in [-0.1, -0.05) is 19.1 Å². The van der Waals surface area contributed by atoms with Crippen molar-refractivity contribution in [2.75, 3.05) is 6.61 Å². The van der Waals surface area contributed by atoms with Gasteiger partial charge in [0.15, 0.2) is 11.5 Å². The van der Waals surface area contributed by atoms with E-state index in [2.05, 4.69) is 4.98 Å². The van der Waals surface area contributed by atoms with Gasteiger partial charge in [0.05, 0.1) is 6.61 Å². The maximum absolute atomic E-state index is 12.5. The van der Waals surface area contributed by atoms with E-state index in [1.54, 1.807) is 18.2 Å². The van der Waals surface area contributed by atoms with Crippen LogP contribution in [-0.2, 0) is 13.2 Å². The number of ether oxygens (including phenoxy) is 2. The Labute approximate surface area is 126 Å². The van der Waals surface area contributed by atoms with Crippen LogP contribution < -0.4 is 9.47 Å². The predicted molar refractivity (Wildman–Crippen MR) is 74.8 cm³/mol. The van der Waals surface area contributed by atoms with Crippen LogP contribution in [0.4, 0.5) is 13.2 Å². The van der Waals surface area contributed by atoms with E-state index in [0.29, 0.717) is 18.1 Å². The molecule has 120 valence electrons. The van der Waals surface area contributed by atoms with E-state index in [0.717, 1.165) is 11.0 Å². The van der Waals surface area contributed by atoms with Crippen molar-refractivity contribution in [1.82, 2.24) is 9.55 Å². The number of nitrogens with zero attached hydrogens (tertiary/aromatic N) is 2. The fourth-order valence-electron chi connectivity index (χ4n) is 1.86. The molecule has 2 rings (SSSR count). The van der Waals surface area contributed by atoms with Crippen LogP contribution in [0.1, 0.15) is 19.2 Å². The van der Waals surface area contributed by atoms with E-state index in [1.165, 1.54) is 12.4 Å². The third-order valence-electron chi connectivity index (χ3n) is 2.82. The molecule has 22 heavy (non-hydrogen) atoms. The number of halogens is 3. The quantitative estimate of drug-likeness (QED) is 0.779. The monoisotopic (exact) mass is 314 g/mol. The molecule has 4 nitrogen and oxygen atoms in total. The first-order valence-corrected chi connectivity index (χ1v) is 6.91. The molecule has 2 aromatic rings. The third kappa shape index (κ3) is 4.68. The van der Waals surface area contributed by atoms with Gasteiger partial charge in [0.2, 0.25) is 0 Å². The molecule has 0 radical (unpaired) electrons. The van der Waals surface area contributed by atoms with E-state index in [4.69, 9.17) is 9.47 Å². The van der Waals surface area contributed by atoms with Gasteiger partial charge >= 0.3 is 6.18 Å². The molecule has 0 unspecified atom stereocenters. The maximum atomic E-state index is 12.5. The topological polar surface area (TPSA) is 36.3 Å². The molecule has 0 aliphatic heterocycles. The molecular formula is C15H17F3N2O2. The number of benzene rings is 1. The molecule has 0 amide bonds. The predicted octanol–water partition coefficient (Wildman–Crippen LogP) is 3.81. The van der Waals surface area contributed by atoms with Gasteiger partial charge in [0.1, 0.15) is 19.0 Å². The average Bonchev–Trinajstić information content (AvgIpc) is 2.89. The summed E-state index contributed by atoms with van der Waals surface area (Å²) in [6, 6.07) is 7.05. The van der Waals surface area contributed by atoms with Crippen molar-refractivity contribution in [3.05, 3.63) is 42.5 Å². The van der Waals surface area contributed by atoms with Crippen LogP contribution in [0, 0.1) is 0 Å². The highest BCUT2D eigenvalue weighted by Crippen LogP contribution is 2.27. The summed E-state index contributed by atoms with van der Waals surface area (Å²) in [5, 5.41) is 0. The summed E-state index contributed by atoms with van der Waals surface area (Å²) in [5.74, 6) is 1.26. The summed E-state index contributed by atoms with van der Waals surface area (Å²) in [7, 11) is 0. The minimum Gasteiger partial charge on any atom is -0.490 e. The second kappa shape index (κ2) is 7.20. The van der Waals surface area contributed by atoms with Crippen molar-refractivity contribution in [3.63, 3.8) is 0 Å². The molecule has 0 aliphatic rings. The molecule has 0 spiro atoms. The lowest BCUT2D eigenvalue weighted by Crippen LogP contribution is -2.19. The number of aromatic nitrogens is 2. The molecule has 0 saturated carbocycles. The number of hydrogen-bond donors (Lipinski definition) is 0. The molecule has 0 aliphatic carbocycles. The number of hydrogen-bond acceptors (Lipinski definition) is 3. The van der Waals surface area contributed by atoms with Crippen molar-refractivity contribution >= 4 is 0 Å². The highest BCUT2D eigenvalue weighted by molar-refractivity contribution is 5.39. The number of rotatable bonds is 7. The molecular weight excluding hydrogens is 297 g/mol. The molecule has 0 saturated heterocycles. The second-order valence-corrected chi connectivity index (χ2v) is 4.67. The molecule has 0 fully saturated rings. The van der Waals surface area contributed by atoms with Gasteiger partial charge in [-0.25, -0.2) is 4.98 Å².